The van der Waals surface area contributed by atoms with E-state index in [-0.39, 0.29) is 11.8 Å². The zero-order valence-corrected chi connectivity index (χ0v) is 20.8. The average molecular weight is 481 g/mol. The molecule has 5 rings (SSSR count). The van der Waals surface area contributed by atoms with E-state index in [4.69, 9.17) is 16.7 Å². The Balaban J connectivity index is 1.41. The zero-order valence-electron chi connectivity index (χ0n) is 20.1. The second-order valence-corrected chi connectivity index (χ2v) is 10.2. The molecule has 2 aliphatic rings. The van der Waals surface area contributed by atoms with Crippen molar-refractivity contribution < 1.29 is 4.79 Å². The van der Waals surface area contributed by atoms with Crippen molar-refractivity contribution >= 4 is 34.2 Å². The third-order valence-corrected chi connectivity index (χ3v) is 7.60. The van der Waals surface area contributed by atoms with Crippen molar-refractivity contribution in [2.24, 2.45) is 5.92 Å². The van der Waals surface area contributed by atoms with Crippen LogP contribution in [0, 0.1) is 19.8 Å². The SMILES string of the molecule is Cc1nnc(N2CCCC(C(=O)NC3CCCCCC3)C2)c2nn(-c3ccc(Cl)cc3)c(C)c12. The number of carbonyl (C=O) groups is 1. The molecule has 7 nitrogen and oxygen atoms in total. The first-order valence-electron chi connectivity index (χ1n) is 12.5. The minimum absolute atomic E-state index is 0.0328. The fraction of sp³-hybridized carbons (Fsp3) is 0.538. The van der Waals surface area contributed by atoms with Crippen LogP contribution in [0.15, 0.2) is 24.3 Å². The maximum absolute atomic E-state index is 13.1. The summed E-state index contributed by atoms with van der Waals surface area (Å²) in [6.07, 6.45) is 9.08. The number of piperidine rings is 1. The number of hydrogen-bond donors (Lipinski definition) is 1. The van der Waals surface area contributed by atoms with Crippen LogP contribution in [-0.4, -0.2) is 45.0 Å². The molecule has 2 aromatic heterocycles. The van der Waals surface area contributed by atoms with Crippen LogP contribution in [0.25, 0.3) is 16.6 Å². The number of nitrogens with zero attached hydrogens (tertiary/aromatic N) is 5. The Hall–Kier alpha value is -2.67. The van der Waals surface area contributed by atoms with Crippen LogP contribution in [0.3, 0.4) is 0 Å². The number of carbonyl (C=O) groups excluding carboxylic acids is 1. The molecule has 1 aromatic carbocycles. The first-order valence-corrected chi connectivity index (χ1v) is 12.9. The number of aromatic nitrogens is 4. The third-order valence-electron chi connectivity index (χ3n) is 7.35. The molecule has 180 valence electrons. The second kappa shape index (κ2) is 9.90. The van der Waals surface area contributed by atoms with Gasteiger partial charge in [0, 0.05) is 24.2 Å². The molecule has 1 saturated carbocycles. The summed E-state index contributed by atoms with van der Waals surface area (Å²) in [6, 6.07) is 8.00. The van der Waals surface area contributed by atoms with Gasteiger partial charge in [-0.25, -0.2) is 4.68 Å². The van der Waals surface area contributed by atoms with E-state index < -0.39 is 0 Å². The minimum atomic E-state index is -0.0328. The van der Waals surface area contributed by atoms with Gasteiger partial charge >= 0.3 is 0 Å². The number of rotatable bonds is 4. The quantitative estimate of drug-likeness (QED) is 0.523. The molecule has 1 atom stereocenters. The van der Waals surface area contributed by atoms with Gasteiger partial charge in [0.1, 0.15) is 5.52 Å². The Morgan fingerprint density at radius 1 is 1.00 bits per heavy atom. The van der Waals surface area contributed by atoms with E-state index in [1.54, 1.807) is 0 Å². The fourth-order valence-corrected chi connectivity index (χ4v) is 5.61. The van der Waals surface area contributed by atoms with Crippen molar-refractivity contribution in [1.82, 2.24) is 25.3 Å². The summed E-state index contributed by atoms with van der Waals surface area (Å²) >= 11 is 6.09. The van der Waals surface area contributed by atoms with Gasteiger partial charge < -0.3 is 10.2 Å². The van der Waals surface area contributed by atoms with Crippen LogP contribution in [-0.2, 0) is 4.79 Å². The van der Waals surface area contributed by atoms with E-state index in [1.165, 1.54) is 25.7 Å². The van der Waals surface area contributed by atoms with E-state index in [0.717, 1.165) is 66.0 Å². The molecule has 1 N–H and O–H groups in total. The summed E-state index contributed by atoms with van der Waals surface area (Å²) in [6.45, 7) is 5.53. The molecule has 3 aromatic rings. The lowest BCUT2D eigenvalue weighted by atomic mass is 9.96. The summed E-state index contributed by atoms with van der Waals surface area (Å²) in [5.74, 6) is 0.925. The van der Waals surface area contributed by atoms with Gasteiger partial charge in [0.05, 0.1) is 28.4 Å². The summed E-state index contributed by atoms with van der Waals surface area (Å²) in [5, 5.41) is 19.1. The lowest BCUT2D eigenvalue weighted by molar-refractivity contribution is -0.126. The van der Waals surface area contributed by atoms with Gasteiger partial charge in [0.15, 0.2) is 5.82 Å². The predicted molar refractivity (Wildman–Crippen MR) is 136 cm³/mol. The molecule has 1 saturated heterocycles. The van der Waals surface area contributed by atoms with Gasteiger partial charge in [-0.1, -0.05) is 37.3 Å². The fourth-order valence-electron chi connectivity index (χ4n) is 5.48. The number of benzene rings is 1. The normalized spacial score (nSPS) is 19.9. The van der Waals surface area contributed by atoms with Crippen LogP contribution in [0.5, 0.6) is 0 Å². The van der Waals surface area contributed by atoms with Crippen LogP contribution in [0.4, 0.5) is 5.82 Å². The summed E-state index contributed by atoms with van der Waals surface area (Å²) in [4.78, 5) is 15.3. The minimum Gasteiger partial charge on any atom is -0.353 e. The van der Waals surface area contributed by atoms with E-state index in [9.17, 15) is 4.79 Å². The third kappa shape index (κ3) is 4.63. The smallest absolute Gasteiger partial charge is 0.225 e. The van der Waals surface area contributed by atoms with Gasteiger partial charge in [-0.05, 0) is 63.8 Å². The van der Waals surface area contributed by atoms with Crippen LogP contribution in [0.1, 0.15) is 62.8 Å². The molecule has 0 spiro atoms. The molecular formula is C26H33ClN6O. The number of nitrogens with one attached hydrogen (secondary N) is 1. The lowest BCUT2D eigenvalue weighted by Crippen LogP contribution is -2.46. The Morgan fingerprint density at radius 2 is 1.74 bits per heavy atom. The first-order chi connectivity index (χ1) is 16.5. The standard InChI is InChI=1S/C26H33ClN6O/c1-17-23-18(2)33(22-13-11-20(27)12-14-22)31-24(23)25(30-29-17)32-15-7-8-19(16-32)26(34)28-21-9-5-3-4-6-10-21/h11-14,19,21H,3-10,15-16H2,1-2H3,(H,28,34). The first kappa shape index (κ1) is 23.1. The number of hydrogen-bond acceptors (Lipinski definition) is 5. The highest BCUT2D eigenvalue weighted by Crippen LogP contribution is 2.32. The largest absolute Gasteiger partial charge is 0.353 e. The lowest BCUT2D eigenvalue weighted by Gasteiger charge is -2.33. The van der Waals surface area contributed by atoms with Gasteiger partial charge in [0.25, 0.3) is 0 Å². The zero-order chi connectivity index (χ0) is 23.7. The summed E-state index contributed by atoms with van der Waals surface area (Å²) in [7, 11) is 0. The van der Waals surface area contributed by atoms with Crippen molar-refractivity contribution in [2.45, 2.75) is 71.3 Å². The summed E-state index contributed by atoms with van der Waals surface area (Å²) < 4.78 is 1.93. The number of anilines is 1. The van der Waals surface area contributed by atoms with Gasteiger partial charge in [-0.3, -0.25) is 4.79 Å². The summed E-state index contributed by atoms with van der Waals surface area (Å²) in [5.41, 5.74) is 3.66. The number of amides is 1. The highest BCUT2D eigenvalue weighted by atomic mass is 35.5. The maximum Gasteiger partial charge on any atom is 0.225 e. The molecule has 1 unspecified atom stereocenters. The Labute approximate surface area is 205 Å². The highest BCUT2D eigenvalue weighted by molar-refractivity contribution is 6.30. The molecule has 0 radical (unpaired) electrons. The van der Waals surface area contributed by atoms with Crippen molar-refractivity contribution in [3.63, 3.8) is 0 Å². The maximum atomic E-state index is 13.1. The number of fused-ring (bicyclic) bond motifs is 1. The second-order valence-electron chi connectivity index (χ2n) is 9.79. The average Bonchev–Trinajstić information content (AvgIpc) is 3.01. The molecule has 2 fully saturated rings. The Bertz CT molecular complexity index is 1170. The topological polar surface area (TPSA) is 75.9 Å². The van der Waals surface area contributed by atoms with Crippen molar-refractivity contribution in [3.8, 4) is 5.69 Å². The molecule has 34 heavy (non-hydrogen) atoms. The predicted octanol–water partition coefficient (Wildman–Crippen LogP) is 5.14. The van der Waals surface area contributed by atoms with Crippen molar-refractivity contribution in [1.29, 1.82) is 0 Å². The number of halogens is 1. The van der Waals surface area contributed by atoms with E-state index >= 15 is 0 Å². The van der Waals surface area contributed by atoms with Gasteiger partial charge in [0.2, 0.25) is 5.91 Å². The van der Waals surface area contributed by atoms with Crippen LogP contribution < -0.4 is 10.2 Å². The number of aryl methyl sites for hydroxylation is 2. The van der Waals surface area contributed by atoms with E-state index in [1.807, 2.05) is 35.9 Å². The van der Waals surface area contributed by atoms with Crippen LogP contribution >= 0.6 is 11.6 Å². The van der Waals surface area contributed by atoms with Crippen LogP contribution in [0.2, 0.25) is 5.02 Å². The molecule has 1 aliphatic carbocycles. The molecule has 3 heterocycles. The van der Waals surface area contributed by atoms with Gasteiger partial charge in [-0.15, -0.1) is 5.10 Å². The van der Waals surface area contributed by atoms with Crippen molar-refractivity contribution in [2.75, 3.05) is 18.0 Å². The molecule has 1 amide bonds. The van der Waals surface area contributed by atoms with E-state index in [0.29, 0.717) is 17.6 Å². The van der Waals surface area contributed by atoms with Crippen molar-refractivity contribution in [3.05, 3.63) is 40.7 Å². The molecule has 8 heteroatoms. The monoisotopic (exact) mass is 480 g/mol. The molecular weight excluding hydrogens is 448 g/mol. The Morgan fingerprint density at radius 3 is 2.47 bits per heavy atom. The highest BCUT2D eigenvalue weighted by Gasteiger charge is 2.30. The van der Waals surface area contributed by atoms with E-state index in [2.05, 4.69) is 27.3 Å². The molecule has 0 bridgehead atoms. The Kier molecular flexibility index (Phi) is 6.73. The molecule has 1 aliphatic heterocycles. The van der Waals surface area contributed by atoms with Gasteiger partial charge in [-0.2, -0.15) is 10.2 Å².